The van der Waals surface area contributed by atoms with Crippen LogP contribution in [0.1, 0.15) is 42.8 Å². The number of amides is 1. The zero-order valence-electron chi connectivity index (χ0n) is 13.1. The highest BCUT2D eigenvalue weighted by atomic mass is 16.3. The van der Waals surface area contributed by atoms with Crippen LogP contribution in [0.2, 0.25) is 0 Å². The molecule has 1 N–H and O–H groups in total. The predicted octanol–water partition coefficient (Wildman–Crippen LogP) is 2.63. The summed E-state index contributed by atoms with van der Waals surface area (Å²) in [5.41, 5.74) is 0.447. The van der Waals surface area contributed by atoms with Gasteiger partial charge in [-0.3, -0.25) is 4.79 Å². The van der Waals surface area contributed by atoms with Gasteiger partial charge >= 0.3 is 0 Å². The number of hydrogen-bond acceptors (Lipinski definition) is 5. The van der Waals surface area contributed by atoms with Crippen molar-refractivity contribution >= 4 is 11.9 Å². The van der Waals surface area contributed by atoms with Crippen molar-refractivity contribution in [1.29, 1.82) is 0 Å². The highest BCUT2D eigenvalue weighted by Gasteiger charge is 2.11. The summed E-state index contributed by atoms with van der Waals surface area (Å²) in [5.74, 6) is 1.18. The van der Waals surface area contributed by atoms with Crippen LogP contribution in [0.15, 0.2) is 35.2 Å². The van der Waals surface area contributed by atoms with Crippen LogP contribution in [0.4, 0.5) is 5.95 Å². The zero-order valence-corrected chi connectivity index (χ0v) is 13.1. The lowest BCUT2D eigenvalue weighted by molar-refractivity contribution is 0.0947. The lowest BCUT2D eigenvalue weighted by atomic mass is 10.3. The molecule has 1 amide bonds. The van der Waals surface area contributed by atoms with Crippen LogP contribution < -0.4 is 10.2 Å². The summed E-state index contributed by atoms with van der Waals surface area (Å²) < 4.78 is 5.17. The Hall–Kier alpha value is -2.37. The van der Waals surface area contributed by atoms with Gasteiger partial charge in [0.25, 0.3) is 5.91 Å². The molecule has 0 saturated carbocycles. The summed E-state index contributed by atoms with van der Waals surface area (Å²) >= 11 is 0. The Morgan fingerprint density at radius 3 is 2.45 bits per heavy atom. The molecule has 2 heterocycles. The van der Waals surface area contributed by atoms with E-state index in [-0.39, 0.29) is 5.91 Å². The number of hydrogen-bond donors (Lipinski definition) is 1. The van der Waals surface area contributed by atoms with E-state index in [2.05, 4.69) is 34.0 Å². The molecule has 0 aliphatic carbocycles. The molecule has 0 fully saturated rings. The molecule has 0 bridgehead atoms. The number of aromatic nitrogens is 2. The molecule has 0 unspecified atom stereocenters. The average Bonchev–Trinajstić information content (AvgIpc) is 3.06. The summed E-state index contributed by atoms with van der Waals surface area (Å²) in [6.07, 6.45) is 6.79. The molecule has 0 spiro atoms. The number of nitrogens with one attached hydrogen (secondary N) is 1. The Labute approximate surface area is 130 Å². The summed E-state index contributed by atoms with van der Waals surface area (Å²) in [6, 6.07) is 3.60. The van der Waals surface area contributed by atoms with E-state index in [0.29, 0.717) is 23.8 Å². The van der Waals surface area contributed by atoms with E-state index in [1.807, 2.05) is 6.07 Å². The van der Waals surface area contributed by atoms with Crippen molar-refractivity contribution in [3.63, 3.8) is 0 Å². The largest absolute Gasteiger partial charge is 0.467 e. The first-order chi connectivity index (χ1) is 10.7. The Morgan fingerprint density at radius 1 is 1.23 bits per heavy atom. The van der Waals surface area contributed by atoms with E-state index in [1.165, 1.54) is 0 Å². The molecule has 0 aromatic carbocycles. The third-order valence-electron chi connectivity index (χ3n) is 3.17. The van der Waals surface area contributed by atoms with Crippen molar-refractivity contribution in [3.05, 3.63) is 42.1 Å². The normalized spacial score (nSPS) is 10.5. The van der Waals surface area contributed by atoms with Crippen molar-refractivity contribution in [3.8, 4) is 0 Å². The molecular formula is C16H22N4O2. The van der Waals surface area contributed by atoms with Gasteiger partial charge in [-0.05, 0) is 25.0 Å². The number of furan rings is 1. The molecule has 0 radical (unpaired) electrons. The van der Waals surface area contributed by atoms with Gasteiger partial charge in [0.2, 0.25) is 5.95 Å². The summed E-state index contributed by atoms with van der Waals surface area (Å²) in [6.45, 7) is 6.43. The third-order valence-corrected chi connectivity index (χ3v) is 3.17. The molecule has 118 valence electrons. The van der Waals surface area contributed by atoms with Crippen LogP contribution in [0.3, 0.4) is 0 Å². The third kappa shape index (κ3) is 4.31. The van der Waals surface area contributed by atoms with Gasteiger partial charge in [0, 0.05) is 25.5 Å². The first-order valence-corrected chi connectivity index (χ1v) is 7.62. The lowest BCUT2D eigenvalue weighted by Crippen LogP contribution is -2.27. The van der Waals surface area contributed by atoms with Crippen molar-refractivity contribution < 1.29 is 9.21 Å². The molecule has 2 aromatic heterocycles. The van der Waals surface area contributed by atoms with Crippen LogP contribution in [0.5, 0.6) is 0 Å². The average molecular weight is 302 g/mol. The summed E-state index contributed by atoms with van der Waals surface area (Å²) in [4.78, 5) is 22.8. The number of nitrogens with zero attached hydrogens (tertiary/aromatic N) is 3. The van der Waals surface area contributed by atoms with Gasteiger partial charge in [0.15, 0.2) is 0 Å². The number of rotatable bonds is 8. The van der Waals surface area contributed by atoms with E-state index >= 15 is 0 Å². The molecule has 22 heavy (non-hydrogen) atoms. The van der Waals surface area contributed by atoms with E-state index in [0.717, 1.165) is 25.9 Å². The summed E-state index contributed by atoms with van der Waals surface area (Å²) in [5, 5.41) is 2.77. The molecule has 0 atom stereocenters. The molecular weight excluding hydrogens is 280 g/mol. The standard InChI is InChI=1S/C16H22N4O2/c1-3-7-20(8-4-2)16-18-10-13(11-19-16)15(21)17-12-14-6-5-9-22-14/h5-6,9-11H,3-4,7-8,12H2,1-2H3,(H,17,21). The van der Waals surface area contributed by atoms with Crippen molar-refractivity contribution in [2.45, 2.75) is 33.2 Å². The second kappa shape index (κ2) is 8.17. The van der Waals surface area contributed by atoms with Gasteiger partial charge in [-0.15, -0.1) is 0 Å². The van der Waals surface area contributed by atoms with Crippen LogP contribution >= 0.6 is 0 Å². The fourth-order valence-electron chi connectivity index (χ4n) is 2.14. The molecule has 0 aliphatic rings. The highest BCUT2D eigenvalue weighted by molar-refractivity contribution is 5.93. The maximum atomic E-state index is 12.0. The van der Waals surface area contributed by atoms with Crippen LogP contribution in [-0.4, -0.2) is 29.0 Å². The van der Waals surface area contributed by atoms with Gasteiger partial charge in [0.05, 0.1) is 18.4 Å². The SMILES string of the molecule is CCCN(CCC)c1ncc(C(=O)NCc2ccco2)cn1. The molecule has 6 heteroatoms. The minimum absolute atomic E-state index is 0.208. The van der Waals surface area contributed by atoms with E-state index in [4.69, 9.17) is 4.42 Å². The molecule has 2 rings (SSSR count). The second-order valence-electron chi connectivity index (χ2n) is 5.02. The minimum Gasteiger partial charge on any atom is -0.467 e. The first kappa shape index (κ1) is 16.0. The van der Waals surface area contributed by atoms with Crippen molar-refractivity contribution in [1.82, 2.24) is 15.3 Å². The maximum absolute atomic E-state index is 12.0. The van der Waals surface area contributed by atoms with E-state index in [9.17, 15) is 4.79 Å². The number of carbonyl (C=O) groups is 1. The topological polar surface area (TPSA) is 71.3 Å². The molecule has 6 nitrogen and oxygen atoms in total. The Bertz CT molecular complexity index is 560. The van der Waals surface area contributed by atoms with Crippen molar-refractivity contribution in [2.75, 3.05) is 18.0 Å². The van der Waals surface area contributed by atoms with E-state index < -0.39 is 0 Å². The zero-order chi connectivity index (χ0) is 15.8. The maximum Gasteiger partial charge on any atom is 0.254 e. The smallest absolute Gasteiger partial charge is 0.254 e. The minimum atomic E-state index is -0.208. The van der Waals surface area contributed by atoms with Crippen LogP contribution in [0.25, 0.3) is 0 Å². The quantitative estimate of drug-likeness (QED) is 0.811. The highest BCUT2D eigenvalue weighted by Crippen LogP contribution is 2.09. The van der Waals surface area contributed by atoms with Gasteiger partial charge in [0.1, 0.15) is 5.76 Å². The first-order valence-electron chi connectivity index (χ1n) is 7.62. The number of carbonyl (C=O) groups excluding carboxylic acids is 1. The van der Waals surface area contributed by atoms with Gasteiger partial charge in [-0.25, -0.2) is 9.97 Å². The van der Waals surface area contributed by atoms with Gasteiger partial charge in [-0.2, -0.15) is 0 Å². The fourth-order valence-corrected chi connectivity index (χ4v) is 2.14. The fraction of sp³-hybridized carbons (Fsp3) is 0.438. The number of anilines is 1. The monoisotopic (exact) mass is 302 g/mol. The lowest BCUT2D eigenvalue weighted by Gasteiger charge is -2.21. The second-order valence-corrected chi connectivity index (χ2v) is 5.02. The van der Waals surface area contributed by atoms with Crippen LogP contribution in [0, 0.1) is 0 Å². The van der Waals surface area contributed by atoms with E-state index in [1.54, 1.807) is 24.7 Å². The van der Waals surface area contributed by atoms with Gasteiger partial charge in [-0.1, -0.05) is 13.8 Å². The van der Waals surface area contributed by atoms with Gasteiger partial charge < -0.3 is 14.6 Å². The Balaban J connectivity index is 1.96. The molecule has 0 saturated heterocycles. The van der Waals surface area contributed by atoms with Crippen molar-refractivity contribution in [2.24, 2.45) is 0 Å². The molecule has 2 aromatic rings. The summed E-state index contributed by atoms with van der Waals surface area (Å²) in [7, 11) is 0. The molecule has 0 aliphatic heterocycles. The van der Waals surface area contributed by atoms with Crippen LogP contribution in [-0.2, 0) is 6.54 Å². The Morgan fingerprint density at radius 2 is 1.91 bits per heavy atom. The Kier molecular flexibility index (Phi) is 5.94. The predicted molar refractivity (Wildman–Crippen MR) is 84.7 cm³/mol.